The van der Waals surface area contributed by atoms with Crippen molar-refractivity contribution in [3.8, 4) is 0 Å². The van der Waals surface area contributed by atoms with Crippen molar-refractivity contribution in [2.24, 2.45) is 5.92 Å². The summed E-state index contributed by atoms with van der Waals surface area (Å²) in [5.41, 5.74) is 0. The topological polar surface area (TPSA) is 46.5 Å². The molecule has 0 fully saturated rings. The van der Waals surface area contributed by atoms with Gasteiger partial charge in [-0.3, -0.25) is 4.79 Å². The molecule has 0 aliphatic carbocycles. The first-order chi connectivity index (χ1) is 6.22. The smallest absolute Gasteiger partial charge is 0.306 e. The van der Waals surface area contributed by atoms with Crippen molar-refractivity contribution in [2.45, 2.75) is 39.9 Å². The normalized spacial score (nSPS) is 15.1. The molecule has 1 atom stereocenters. The molecule has 0 aromatic carbocycles. The quantitative estimate of drug-likeness (QED) is 0.568. The van der Waals surface area contributed by atoms with Gasteiger partial charge < -0.3 is 9.53 Å². The molecule has 1 unspecified atom stereocenters. The molecule has 0 heterocycles. The molecule has 82 valence electrons. The van der Waals surface area contributed by atoms with Gasteiger partial charge in [0.15, 0.2) is 0 Å². The number of carboxylic acids is 1. The molecule has 0 bridgehead atoms. The first kappa shape index (κ1) is 13.2. The van der Waals surface area contributed by atoms with E-state index in [4.69, 9.17) is 9.53 Å². The summed E-state index contributed by atoms with van der Waals surface area (Å²) in [4.78, 5) is 10.5. The van der Waals surface area contributed by atoms with Crippen LogP contribution in [0.1, 0.15) is 20.3 Å². The molecular formula is C10H20O3Si. The second-order valence-electron chi connectivity index (χ2n) is 4.50. The molecule has 0 aliphatic rings. The second-order valence-corrected chi connectivity index (χ2v) is 8.93. The largest absolute Gasteiger partial charge is 0.548 e. The van der Waals surface area contributed by atoms with Crippen LogP contribution >= 0.6 is 0 Å². The third-order valence-corrected chi connectivity index (χ3v) is 2.58. The van der Waals surface area contributed by atoms with Crippen LogP contribution in [0.4, 0.5) is 0 Å². The summed E-state index contributed by atoms with van der Waals surface area (Å²) in [6.07, 6.45) is 2.39. The number of aliphatic carboxylic acids is 1. The Labute approximate surface area is 86.9 Å². The highest BCUT2D eigenvalue weighted by atomic mass is 28.4. The van der Waals surface area contributed by atoms with Crippen molar-refractivity contribution >= 4 is 14.3 Å². The third-order valence-electron chi connectivity index (χ3n) is 1.65. The lowest BCUT2D eigenvalue weighted by molar-refractivity contribution is -0.140. The standard InChI is InChI=1S/C10H20O3Si/c1-8(10(11)12)6-7-9(2)13-14(3,4)5/h7-8H,6H2,1-5H3,(H,11,12)/b9-7+. The summed E-state index contributed by atoms with van der Waals surface area (Å²) in [5.74, 6) is -0.255. The van der Waals surface area contributed by atoms with Gasteiger partial charge in [-0.1, -0.05) is 6.92 Å². The molecule has 0 aromatic rings. The van der Waals surface area contributed by atoms with Gasteiger partial charge in [0, 0.05) is 0 Å². The van der Waals surface area contributed by atoms with Crippen molar-refractivity contribution < 1.29 is 14.3 Å². The zero-order valence-electron chi connectivity index (χ0n) is 9.63. The molecule has 0 radical (unpaired) electrons. The summed E-state index contributed by atoms with van der Waals surface area (Å²) in [7, 11) is -1.54. The van der Waals surface area contributed by atoms with E-state index >= 15 is 0 Å². The first-order valence-corrected chi connectivity index (χ1v) is 8.22. The molecule has 4 heteroatoms. The lowest BCUT2D eigenvalue weighted by Gasteiger charge is -2.19. The summed E-state index contributed by atoms with van der Waals surface area (Å²) in [5, 5.41) is 8.67. The van der Waals surface area contributed by atoms with Gasteiger partial charge in [-0.15, -0.1) is 0 Å². The third kappa shape index (κ3) is 6.71. The van der Waals surface area contributed by atoms with Crippen LogP contribution in [-0.2, 0) is 9.22 Å². The molecule has 14 heavy (non-hydrogen) atoms. The van der Waals surface area contributed by atoms with E-state index in [2.05, 4.69) is 19.6 Å². The molecule has 1 N–H and O–H groups in total. The SMILES string of the molecule is C/C(=C\CC(C)C(=O)O)O[Si](C)(C)C. The number of hydrogen-bond donors (Lipinski definition) is 1. The predicted octanol–water partition coefficient (Wildman–Crippen LogP) is 2.85. The molecule has 0 aromatic heterocycles. The van der Waals surface area contributed by atoms with Gasteiger partial charge in [-0.05, 0) is 39.1 Å². The minimum atomic E-state index is -1.54. The zero-order valence-corrected chi connectivity index (χ0v) is 10.6. The maximum Gasteiger partial charge on any atom is 0.306 e. The Bertz CT molecular complexity index is 228. The summed E-state index contributed by atoms with van der Waals surface area (Å²) < 4.78 is 5.67. The Balaban J connectivity index is 4.07. The van der Waals surface area contributed by atoms with Crippen LogP contribution < -0.4 is 0 Å². The lowest BCUT2D eigenvalue weighted by atomic mass is 10.1. The van der Waals surface area contributed by atoms with Crippen LogP contribution in [0.25, 0.3) is 0 Å². The number of carboxylic acid groups (broad SMARTS) is 1. The van der Waals surface area contributed by atoms with Crippen LogP contribution in [0.15, 0.2) is 11.8 Å². The van der Waals surface area contributed by atoms with E-state index in [1.807, 2.05) is 13.0 Å². The summed E-state index contributed by atoms with van der Waals surface area (Å²) in [6, 6.07) is 0. The van der Waals surface area contributed by atoms with E-state index < -0.39 is 14.3 Å². The molecule has 0 amide bonds. The van der Waals surface area contributed by atoms with Gasteiger partial charge >= 0.3 is 5.97 Å². The molecule has 0 rings (SSSR count). The average molecular weight is 216 g/mol. The minimum absolute atomic E-state index is 0.338. The van der Waals surface area contributed by atoms with Crippen molar-refractivity contribution in [2.75, 3.05) is 0 Å². The Kier molecular flexibility index (Phi) is 4.91. The lowest BCUT2D eigenvalue weighted by Crippen LogP contribution is -2.24. The first-order valence-electron chi connectivity index (χ1n) is 4.81. The van der Waals surface area contributed by atoms with Crippen molar-refractivity contribution in [3.63, 3.8) is 0 Å². The van der Waals surface area contributed by atoms with E-state index in [9.17, 15) is 4.79 Å². The highest BCUT2D eigenvalue weighted by Gasteiger charge is 2.16. The van der Waals surface area contributed by atoms with Crippen molar-refractivity contribution in [1.29, 1.82) is 0 Å². The maximum absolute atomic E-state index is 10.5. The zero-order chi connectivity index (χ0) is 11.4. The maximum atomic E-state index is 10.5. The van der Waals surface area contributed by atoms with Gasteiger partial charge in [-0.2, -0.15) is 0 Å². The molecular weight excluding hydrogens is 196 g/mol. The Morgan fingerprint density at radius 2 is 2.00 bits per heavy atom. The van der Waals surface area contributed by atoms with E-state index in [1.165, 1.54) is 0 Å². The fourth-order valence-electron chi connectivity index (χ4n) is 0.968. The average Bonchev–Trinajstić information content (AvgIpc) is 1.96. The van der Waals surface area contributed by atoms with E-state index in [-0.39, 0.29) is 5.92 Å². The van der Waals surface area contributed by atoms with Crippen molar-refractivity contribution in [3.05, 3.63) is 11.8 Å². The Hall–Kier alpha value is -0.773. The van der Waals surface area contributed by atoms with E-state index in [1.54, 1.807) is 6.92 Å². The van der Waals surface area contributed by atoms with Crippen LogP contribution in [-0.4, -0.2) is 19.4 Å². The van der Waals surface area contributed by atoms with Gasteiger partial charge in [0.1, 0.15) is 0 Å². The predicted molar refractivity (Wildman–Crippen MR) is 59.6 cm³/mol. The van der Waals surface area contributed by atoms with Crippen LogP contribution in [0.3, 0.4) is 0 Å². The number of hydrogen-bond acceptors (Lipinski definition) is 2. The number of carbonyl (C=O) groups is 1. The molecule has 0 saturated heterocycles. The number of allylic oxidation sites excluding steroid dienone is 2. The summed E-state index contributed by atoms with van der Waals surface area (Å²) >= 11 is 0. The molecule has 0 saturated carbocycles. The van der Waals surface area contributed by atoms with Gasteiger partial charge in [0.2, 0.25) is 8.32 Å². The Morgan fingerprint density at radius 3 is 2.36 bits per heavy atom. The number of rotatable bonds is 5. The van der Waals surface area contributed by atoms with Crippen LogP contribution in [0.5, 0.6) is 0 Å². The van der Waals surface area contributed by atoms with E-state index in [0.29, 0.717) is 6.42 Å². The Morgan fingerprint density at radius 1 is 1.50 bits per heavy atom. The van der Waals surface area contributed by atoms with Gasteiger partial charge in [-0.25, -0.2) is 0 Å². The molecule has 0 aliphatic heterocycles. The van der Waals surface area contributed by atoms with Crippen molar-refractivity contribution in [1.82, 2.24) is 0 Å². The fraction of sp³-hybridized carbons (Fsp3) is 0.700. The van der Waals surface area contributed by atoms with Gasteiger partial charge in [0.05, 0.1) is 11.7 Å². The molecule has 0 spiro atoms. The highest BCUT2D eigenvalue weighted by molar-refractivity contribution is 6.70. The van der Waals surface area contributed by atoms with Crippen LogP contribution in [0.2, 0.25) is 19.6 Å². The van der Waals surface area contributed by atoms with E-state index in [0.717, 1.165) is 5.76 Å². The van der Waals surface area contributed by atoms with Gasteiger partial charge in [0.25, 0.3) is 0 Å². The van der Waals surface area contributed by atoms with Crippen LogP contribution in [0, 0.1) is 5.92 Å². The monoisotopic (exact) mass is 216 g/mol. The highest BCUT2D eigenvalue weighted by Crippen LogP contribution is 2.12. The molecule has 3 nitrogen and oxygen atoms in total. The fourth-order valence-corrected chi connectivity index (χ4v) is 2.02. The minimum Gasteiger partial charge on any atom is -0.548 e. The second kappa shape index (κ2) is 5.19. The summed E-state index contributed by atoms with van der Waals surface area (Å²) in [6.45, 7) is 9.88.